The second-order valence-corrected chi connectivity index (χ2v) is 5.16. The molecule has 21 heavy (non-hydrogen) atoms. The zero-order valence-electron chi connectivity index (χ0n) is 13.0. The summed E-state index contributed by atoms with van der Waals surface area (Å²) < 4.78 is 10.6. The number of imidazole rings is 1. The number of hydrogen-bond acceptors (Lipinski definition) is 4. The average Bonchev–Trinajstić information content (AvgIpc) is 3.02. The SMILES string of the molecule is CCC(C)C(N)c1ncc(-c2ccc(OC)cc2OC)[nH]1. The zero-order valence-corrected chi connectivity index (χ0v) is 13.0. The Kier molecular flexibility index (Phi) is 4.85. The molecule has 114 valence electrons. The molecule has 3 N–H and O–H groups in total. The van der Waals surface area contributed by atoms with Crippen molar-refractivity contribution in [1.82, 2.24) is 9.97 Å². The van der Waals surface area contributed by atoms with Crippen LogP contribution in [0.5, 0.6) is 11.5 Å². The molecule has 0 amide bonds. The topological polar surface area (TPSA) is 73.2 Å². The summed E-state index contributed by atoms with van der Waals surface area (Å²) in [5, 5.41) is 0. The number of benzene rings is 1. The largest absolute Gasteiger partial charge is 0.497 e. The third-order valence-corrected chi connectivity index (χ3v) is 3.87. The quantitative estimate of drug-likeness (QED) is 0.857. The van der Waals surface area contributed by atoms with E-state index in [4.69, 9.17) is 15.2 Å². The van der Waals surface area contributed by atoms with E-state index in [9.17, 15) is 0 Å². The fraction of sp³-hybridized carbons (Fsp3) is 0.438. The van der Waals surface area contributed by atoms with E-state index in [1.165, 1.54) is 0 Å². The Labute approximate surface area is 125 Å². The molecule has 2 unspecified atom stereocenters. The lowest BCUT2D eigenvalue weighted by Gasteiger charge is -2.15. The van der Waals surface area contributed by atoms with E-state index in [0.29, 0.717) is 5.92 Å². The highest BCUT2D eigenvalue weighted by Gasteiger charge is 2.18. The Morgan fingerprint density at radius 3 is 2.67 bits per heavy atom. The van der Waals surface area contributed by atoms with Gasteiger partial charge in [0, 0.05) is 11.6 Å². The van der Waals surface area contributed by atoms with E-state index in [-0.39, 0.29) is 6.04 Å². The Morgan fingerprint density at radius 1 is 1.29 bits per heavy atom. The first-order chi connectivity index (χ1) is 10.1. The predicted octanol–water partition coefficient (Wildman–Crippen LogP) is 3.14. The summed E-state index contributed by atoms with van der Waals surface area (Å²) in [6.07, 6.45) is 2.81. The van der Waals surface area contributed by atoms with E-state index < -0.39 is 0 Å². The summed E-state index contributed by atoms with van der Waals surface area (Å²) in [6, 6.07) is 5.61. The zero-order chi connectivity index (χ0) is 15.4. The third kappa shape index (κ3) is 3.19. The summed E-state index contributed by atoms with van der Waals surface area (Å²) in [4.78, 5) is 7.71. The van der Waals surface area contributed by atoms with Crippen molar-refractivity contribution in [2.24, 2.45) is 11.7 Å². The van der Waals surface area contributed by atoms with Crippen LogP contribution in [0.2, 0.25) is 0 Å². The van der Waals surface area contributed by atoms with Gasteiger partial charge in [0.2, 0.25) is 0 Å². The fourth-order valence-corrected chi connectivity index (χ4v) is 2.19. The van der Waals surface area contributed by atoms with Crippen LogP contribution in [0.4, 0.5) is 0 Å². The minimum Gasteiger partial charge on any atom is -0.497 e. The van der Waals surface area contributed by atoms with Crippen molar-refractivity contribution < 1.29 is 9.47 Å². The first kappa shape index (κ1) is 15.4. The van der Waals surface area contributed by atoms with Crippen molar-refractivity contribution >= 4 is 0 Å². The molecule has 5 nitrogen and oxygen atoms in total. The highest BCUT2D eigenvalue weighted by atomic mass is 16.5. The van der Waals surface area contributed by atoms with Gasteiger partial charge in [0.25, 0.3) is 0 Å². The molecule has 0 aliphatic rings. The maximum absolute atomic E-state index is 6.21. The van der Waals surface area contributed by atoms with Crippen LogP contribution in [0, 0.1) is 5.92 Å². The molecule has 1 aromatic heterocycles. The maximum Gasteiger partial charge on any atom is 0.131 e. The Morgan fingerprint density at radius 2 is 2.05 bits per heavy atom. The maximum atomic E-state index is 6.21. The lowest BCUT2D eigenvalue weighted by atomic mass is 10.00. The van der Waals surface area contributed by atoms with Gasteiger partial charge in [0.05, 0.1) is 32.2 Å². The summed E-state index contributed by atoms with van der Waals surface area (Å²) in [7, 11) is 3.27. The smallest absolute Gasteiger partial charge is 0.131 e. The van der Waals surface area contributed by atoms with Crippen molar-refractivity contribution in [2.45, 2.75) is 26.3 Å². The second kappa shape index (κ2) is 6.63. The van der Waals surface area contributed by atoms with Crippen molar-refractivity contribution in [3.8, 4) is 22.8 Å². The normalized spacial score (nSPS) is 13.8. The minimum absolute atomic E-state index is 0.0898. The number of ether oxygens (including phenoxy) is 2. The molecule has 5 heteroatoms. The van der Waals surface area contributed by atoms with Crippen LogP contribution in [0.3, 0.4) is 0 Å². The number of H-pyrrole nitrogens is 1. The number of methoxy groups -OCH3 is 2. The van der Waals surface area contributed by atoms with Crippen molar-refractivity contribution in [1.29, 1.82) is 0 Å². The van der Waals surface area contributed by atoms with Crippen LogP contribution in [-0.2, 0) is 0 Å². The van der Waals surface area contributed by atoms with Crippen LogP contribution in [-0.4, -0.2) is 24.2 Å². The first-order valence-electron chi connectivity index (χ1n) is 7.13. The predicted molar refractivity (Wildman–Crippen MR) is 83.5 cm³/mol. The Hall–Kier alpha value is -2.01. The summed E-state index contributed by atoms with van der Waals surface area (Å²) >= 11 is 0. The van der Waals surface area contributed by atoms with Crippen LogP contribution >= 0.6 is 0 Å². The molecule has 1 heterocycles. The fourth-order valence-electron chi connectivity index (χ4n) is 2.19. The molecule has 0 aliphatic heterocycles. The van der Waals surface area contributed by atoms with Gasteiger partial charge < -0.3 is 20.2 Å². The molecular formula is C16H23N3O2. The van der Waals surface area contributed by atoms with Crippen LogP contribution in [0.15, 0.2) is 24.4 Å². The van der Waals surface area contributed by atoms with Gasteiger partial charge in [-0.3, -0.25) is 0 Å². The van der Waals surface area contributed by atoms with Gasteiger partial charge in [0.15, 0.2) is 0 Å². The molecule has 2 aromatic rings. The molecule has 2 atom stereocenters. The number of nitrogens with zero attached hydrogens (tertiary/aromatic N) is 1. The Balaban J connectivity index is 2.33. The van der Waals surface area contributed by atoms with Crippen LogP contribution in [0.1, 0.15) is 32.1 Å². The van der Waals surface area contributed by atoms with Gasteiger partial charge in [-0.05, 0) is 18.1 Å². The number of nitrogens with two attached hydrogens (primary N) is 1. The Bertz CT molecular complexity index is 595. The molecule has 0 radical (unpaired) electrons. The van der Waals surface area contributed by atoms with E-state index in [0.717, 1.165) is 35.0 Å². The van der Waals surface area contributed by atoms with Gasteiger partial charge >= 0.3 is 0 Å². The number of aromatic nitrogens is 2. The standard InChI is InChI=1S/C16H23N3O2/c1-5-10(2)15(17)16-18-9-13(19-16)12-7-6-11(20-3)8-14(12)21-4/h6-10,15H,5,17H2,1-4H3,(H,18,19). The highest BCUT2D eigenvalue weighted by molar-refractivity contribution is 5.68. The molecule has 2 rings (SSSR count). The van der Waals surface area contributed by atoms with Crippen molar-refractivity contribution in [3.05, 3.63) is 30.2 Å². The second-order valence-electron chi connectivity index (χ2n) is 5.16. The lowest BCUT2D eigenvalue weighted by Crippen LogP contribution is -2.19. The van der Waals surface area contributed by atoms with Crippen LogP contribution in [0.25, 0.3) is 11.3 Å². The summed E-state index contributed by atoms with van der Waals surface area (Å²) in [6.45, 7) is 4.25. The number of rotatable bonds is 6. The highest BCUT2D eigenvalue weighted by Crippen LogP contribution is 2.33. The molecular weight excluding hydrogens is 266 g/mol. The monoisotopic (exact) mass is 289 g/mol. The first-order valence-corrected chi connectivity index (χ1v) is 7.13. The molecule has 0 fully saturated rings. The third-order valence-electron chi connectivity index (χ3n) is 3.87. The molecule has 0 saturated heterocycles. The summed E-state index contributed by atoms with van der Waals surface area (Å²) in [5.41, 5.74) is 8.04. The molecule has 0 saturated carbocycles. The van der Waals surface area contributed by atoms with Crippen LogP contribution < -0.4 is 15.2 Å². The van der Waals surface area contributed by atoms with Gasteiger partial charge in [-0.15, -0.1) is 0 Å². The van der Waals surface area contributed by atoms with Crippen molar-refractivity contribution in [2.75, 3.05) is 14.2 Å². The van der Waals surface area contributed by atoms with Crippen molar-refractivity contribution in [3.63, 3.8) is 0 Å². The van der Waals surface area contributed by atoms with Gasteiger partial charge in [0.1, 0.15) is 17.3 Å². The van der Waals surface area contributed by atoms with E-state index in [1.54, 1.807) is 20.4 Å². The average molecular weight is 289 g/mol. The van der Waals surface area contributed by atoms with E-state index >= 15 is 0 Å². The number of nitrogens with one attached hydrogen (secondary N) is 1. The number of aromatic amines is 1. The van der Waals surface area contributed by atoms with E-state index in [2.05, 4.69) is 23.8 Å². The van der Waals surface area contributed by atoms with Gasteiger partial charge in [-0.1, -0.05) is 20.3 Å². The molecule has 1 aromatic carbocycles. The molecule has 0 aliphatic carbocycles. The van der Waals surface area contributed by atoms with Gasteiger partial charge in [-0.2, -0.15) is 0 Å². The molecule has 0 spiro atoms. The lowest BCUT2D eigenvalue weighted by molar-refractivity contribution is 0.395. The molecule has 0 bridgehead atoms. The number of hydrogen-bond donors (Lipinski definition) is 2. The van der Waals surface area contributed by atoms with E-state index in [1.807, 2.05) is 18.2 Å². The summed E-state index contributed by atoms with van der Waals surface area (Å²) in [5.74, 6) is 2.67. The van der Waals surface area contributed by atoms with Gasteiger partial charge in [-0.25, -0.2) is 4.98 Å². The minimum atomic E-state index is -0.0898.